The molecular weight excluding hydrogens is 466 g/mol. The molecule has 0 bridgehead atoms. The van der Waals surface area contributed by atoms with Crippen LogP contribution >= 0.6 is 11.6 Å². The maximum Gasteiger partial charge on any atom is 0.164 e. The third-order valence-electron chi connectivity index (χ3n) is 7.11. The first kappa shape index (κ1) is 23.8. The van der Waals surface area contributed by atoms with Gasteiger partial charge in [-0.1, -0.05) is 11.6 Å². The molecule has 1 aromatic carbocycles. The number of halogens is 1. The van der Waals surface area contributed by atoms with Crippen LogP contribution in [-0.2, 0) is 4.74 Å². The topological polar surface area (TPSA) is 115 Å². The summed E-state index contributed by atoms with van der Waals surface area (Å²) in [5.74, 6) is 1.88. The van der Waals surface area contributed by atoms with E-state index in [-0.39, 0.29) is 12.0 Å². The molecular formula is C25H30ClN7O2. The van der Waals surface area contributed by atoms with Gasteiger partial charge in [0.25, 0.3) is 0 Å². The molecule has 0 amide bonds. The molecule has 2 saturated heterocycles. The summed E-state index contributed by atoms with van der Waals surface area (Å²) in [4.78, 5) is 11.0. The third kappa shape index (κ3) is 4.20. The number of ether oxygens (including phenoxy) is 2. The molecule has 0 aliphatic carbocycles. The van der Waals surface area contributed by atoms with Crippen molar-refractivity contribution in [2.75, 3.05) is 45.2 Å². The van der Waals surface area contributed by atoms with Gasteiger partial charge in [-0.15, -0.1) is 0 Å². The Morgan fingerprint density at radius 3 is 2.86 bits per heavy atom. The maximum absolute atomic E-state index is 10.0. The molecule has 184 valence electrons. The van der Waals surface area contributed by atoms with E-state index in [1.807, 2.05) is 31.5 Å². The van der Waals surface area contributed by atoms with Gasteiger partial charge in [-0.3, -0.25) is 0 Å². The lowest BCUT2D eigenvalue weighted by atomic mass is 9.84. The number of nitriles is 1. The number of rotatable bonds is 7. The number of anilines is 1. The van der Waals surface area contributed by atoms with Crippen molar-refractivity contribution in [1.82, 2.24) is 24.6 Å². The van der Waals surface area contributed by atoms with Gasteiger partial charge >= 0.3 is 0 Å². The number of fused-ring (bicyclic) bond motifs is 1. The van der Waals surface area contributed by atoms with Gasteiger partial charge in [0.05, 0.1) is 40.9 Å². The van der Waals surface area contributed by atoms with Crippen LogP contribution in [0.15, 0.2) is 12.4 Å². The number of hydrogen-bond donors (Lipinski definition) is 1. The first-order chi connectivity index (χ1) is 16.9. The number of nitrogen functional groups attached to an aromatic ring is 1. The predicted molar refractivity (Wildman–Crippen MR) is 134 cm³/mol. The highest BCUT2D eigenvalue weighted by Crippen LogP contribution is 2.44. The molecule has 0 spiro atoms. The van der Waals surface area contributed by atoms with E-state index in [2.05, 4.69) is 20.9 Å². The molecule has 9 nitrogen and oxygen atoms in total. The maximum atomic E-state index is 10.0. The zero-order valence-corrected chi connectivity index (χ0v) is 21.0. The van der Waals surface area contributed by atoms with Crippen LogP contribution in [-0.4, -0.2) is 64.1 Å². The highest BCUT2D eigenvalue weighted by molar-refractivity contribution is 6.32. The lowest BCUT2D eigenvalue weighted by Gasteiger charge is -2.42. The predicted octanol–water partition coefficient (Wildman–Crippen LogP) is 3.69. The van der Waals surface area contributed by atoms with Crippen LogP contribution in [0.2, 0.25) is 5.02 Å². The Balaban J connectivity index is 1.54. The number of aromatic nitrogens is 4. The summed E-state index contributed by atoms with van der Waals surface area (Å²) in [6.07, 6.45) is 2.56. The van der Waals surface area contributed by atoms with Crippen LogP contribution in [0, 0.1) is 24.2 Å². The highest BCUT2D eigenvalue weighted by atomic mass is 35.5. The normalized spacial score (nSPS) is 19.6. The van der Waals surface area contributed by atoms with E-state index >= 15 is 0 Å². The van der Waals surface area contributed by atoms with Crippen molar-refractivity contribution < 1.29 is 9.47 Å². The summed E-state index contributed by atoms with van der Waals surface area (Å²) >= 11 is 6.70. The summed E-state index contributed by atoms with van der Waals surface area (Å²) in [5.41, 5.74) is 9.78. The molecule has 0 saturated carbocycles. The van der Waals surface area contributed by atoms with E-state index in [9.17, 15) is 5.26 Å². The minimum atomic E-state index is -0.252. The summed E-state index contributed by atoms with van der Waals surface area (Å²) < 4.78 is 13.6. The van der Waals surface area contributed by atoms with Gasteiger partial charge in [0.1, 0.15) is 24.0 Å². The minimum absolute atomic E-state index is 0.173. The molecule has 3 aromatic rings. The van der Waals surface area contributed by atoms with Crippen LogP contribution < -0.4 is 10.5 Å². The van der Waals surface area contributed by atoms with Crippen molar-refractivity contribution in [2.45, 2.75) is 39.2 Å². The van der Waals surface area contributed by atoms with Crippen LogP contribution in [0.4, 0.5) is 5.82 Å². The molecule has 0 radical (unpaired) electrons. The van der Waals surface area contributed by atoms with E-state index in [1.54, 1.807) is 0 Å². The van der Waals surface area contributed by atoms with Crippen molar-refractivity contribution in [3.8, 4) is 11.8 Å². The van der Waals surface area contributed by atoms with E-state index in [0.29, 0.717) is 34.6 Å². The average Bonchev–Trinajstić information content (AvgIpc) is 3.45. The van der Waals surface area contributed by atoms with Crippen LogP contribution in [0.25, 0.3) is 11.0 Å². The molecule has 2 N–H and O–H groups in total. The number of nitrogens with two attached hydrogens (primary N) is 1. The Labute approximate surface area is 209 Å². The molecule has 10 heteroatoms. The standard InChI is InChI=1S/C25H30ClN7O2/c1-4-35-23-18(15(3)33-25-21(14(2)31-33)24(28)29-13-30-25)7-20(26)19(8-27)22(23)17-10-32(11-17)9-16-5-6-34-12-16/h7,13,15-17H,4-6,9-12H2,1-3H3,(H2,28,29,30)/t15?,16-/m0/s1. The molecule has 2 aromatic heterocycles. The van der Waals surface area contributed by atoms with Crippen LogP contribution in [0.3, 0.4) is 0 Å². The fourth-order valence-corrected chi connectivity index (χ4v) is 5.62. The summed E-state index contributed by atoms with van der Waals surface area (Å²) in [6.45, 7) is 10.8. The van der Waals surface area contributed by atoms with Gasteiger partial charge in [0.15, 0.2) is 5.65 Å². The van der Waals surface area contributed by atoms with Crippen molar-refractivity contribution in [3.05, 3.63) is 39.8 Å². The van der Waals surface area contributed by atoms with Crippen LogP contribution in [0.1, 0.15) is 54.6 Å². The summed E-state index contributed by atoms with van der Waals surface area (Å²) in [6, 6.07) is 3.92. The molecule has 2 aliphatic heterocycles. The Kier molecular flexibility index (Phi) is 6.53. The second kappa shape index (κ2) is 9.61. The van der Waals surface area contributed by atoms with E-state index in [1.165, 1.54) is 6.33 Å². The van der Waals surface area contributed by atoms with Crippen molar-refractivity contribution in [2.24, 2.45) is 5.92 Å². The zero-order valence-electron chi connectivity index (χ0n) is 20.3. The molecule has 1 unspecified atom stereocenters. The monoisotopic (exact) mass is 495 g/mol. The average molecular weight is 496 g/mol. The minimum Gasteiger partial charge on any atom is -0.493 e. The van der Waals surface area contributed by atoms with E-state index in [4.69, 9.17) is 31.9 Å². The smallest absolute Gasteiger partial charge is 0.164 e. The number of aryl methyl sites for hydroxylation is 1. The Hall–Kier alpha value is -2.93. The first-order valence-corrected chi connectivity index (χ1v) is 12.4. The quantitative estimate of drug-likeness (QED) is 0.527. The molecule has 5 rings (SSSR count). The van der Waals surface area contributed by atoms with E-state index in [0.717, 1.165) is 67.2 Å². The second-order valence-corrected chi connectivity index (χ2v) is 9.83. The SMILES string of the molecule is CCOc1c(C(C)n2nc(C)c3c(N)ncnc32)cc(Cl)c(C#N)c1C1CN(C[C@@H]2CCOC2)C1. The van der Waals surface area contributed by atoms with Gasteiger partial charge in [0.2, 0.25) is 0 Å². The lowest BCUT2D eigenvalue weighted by molar-refractivity contribution is 0.111. The Morgan fingerprint density at radius 1 is 1.37 bits per heavy atom. The molecule has 35 heavy (non-hydrogen) atoms. The van der Waals surface area contributed by atoms with Gasteiger partial charge in [-0.25, -0.2) is 14.6 Å². The fourth-order valence-electron chi connectivity index (χ4n) is 5.36. The first-order valence-electron chi connectivity index (χ1n) is 12.1. The van der Waals surface area contributed by atoms with Crippen LogP contribution in [0.5, 0.6) is 5.75 Å². The molecule has 4 heterocycles. The summed E-state index contributed by atoms with van der Waals surface area (Å²) in [7, 11) is 0. The number of benzene rings is 1. The molecule has 2 atom stereocenters. The van der Waals surface area contributed by atoms with E-state index < -0.39 is 0 Å². The Morgan fingerprint density at radius 2 is 2.17 bits per heavy atom. The van der Waals surface area contributed by atoms with Crippen molar-refractivity contribution in [3.63, 3.8) is 0 Å². The number of hydrogen-bond acceptors (Lipinski definition) is 8. The third-order valence-corrected chi connectivity index (χ3v) is 7.41. The Bertz CT molecular complexity index is 1290. The largest absolute Gasteiger partial charge is 0.493 e. The van der Waals surface area contributed by atoms with Crippen molar-refractivity contribution in [1.29, 1.82) is 5.26 Å². The van der Waals surface area contributed by atoms with Gasteiger partial charge < -0.3 is 20.1 Å². The summed E-state index contributed by atoms with van der Waals surface area (Å²) in [5, 5.41) is 15.9. The second-order valence-electron chi connectivity index (χ2n) is 9.42. The number of nitrogens with zero attached hydrogens (tertiary/aromatic N) is 6. The fraction of sp³-hybridized carbons (Fsp3) is 0.520. The highest BCUT2D eigenvalue weighted by Gasteiger charge is 2.36. The zero-order chi connectivity index (χ0) is 24.7. The van der Waals surface area contributed by atoms with Gasteiger partial charge in [-0.2, -0.15) is 10.4 Å². The molecule has 2 aliphatic rings. The molecule has 2 fully saturated rings. The van der Waals surface area contributed by atoms with Crippen molar-refractivity contribution >= 4 is 28.5 Å². The van der Waals surface area contributed by atoms with Gasteiger partial charge in [0, 0.05) is 43.3 Å². The lowest BCUT2D eigenvalue weighted by Crippen LogP contribution is -2.47. The van der Waals surface area contributed by atoms with Gasteiger partial charge in [-0.05, 0) is 39.2 Å². The number of likely N-dealkylation sites (tertiary alicyclic amines) is 1.